The molecule has 20 heavy (non-hydrogen) atoms. The quantitative estimate of drug-likeness (QED) is 0.438. The zero-order chi connectivity index (χ0) is 14.4. The van der Waals surface area contributed by atoms with Crippen molar-refractivity contribution in [3.8, 4) is 0 Å². The molecule has 0 fully saturated rings. The van der Waals surface area contributed by atoms with E-state index in [2.05, 4.69) is 20.4 Å². The highest BCUT2D eigenvalue weighted by atomic mass is 32.1. The van der Waals surface area contributed by atoms with Crippen LogP contribution in [0.2, 0.25) is 0 Å². The SMILES string of the molecule is Cc1ccc(N=NC(C)(N=C=S)c2ccccc2)cc1. The van der Waals surface area contributed by atoms with Crippen LogP contribution in [-0.4, -0.2) is 5.16 Å². The summed E-state index contributed by atoms with van der Waals surface area (Å²) in [5.41, 5.74) is 2.06. The van der Waals surface area contributed by atoms with Gasteiger partial charge in [0, 0.05) is 5.56 Å². The minimum atomic E-state index is -0.839. The second kappa shape index (κ2) is 6.33. The first kappa shape index (κ1) is 14.3. The second-order valence-electron chi connectivity index (χ2n) is 4.63. The van der Waals surface area contributed by atoms with Crippen molar-refractivity contribution in [1.82, 2.24) is 0 Å². The van der Waals surface area contributed by atoms with Gasteiger partial charge >= 0.3 is 0 Å². The van der Waals surface area contributed by atoms with E-state index in [-0.39, 0.29) is 0 Å². The molecule has 0 spiro atoms. The highest BCUT2D eigenvalue weighted by Gasteiger charge is 2.24. The van der Waals surface area contributed by atoms with Gasteiger partial charge in [-0.2, -0.15) is 15.2 Å². The summed E-state index contributed by atoms with van der Waals surface area (Å²) in [5, 5.41) is 11.0. The summed E-state index contributed by atoms with van der Waals surface area (Å²) in [5.74, 6) is 0. The number of nitrogens with zero attached hydrogens (tertiary/aromatic N) is 3. The normalized spacial score (nSPS) is 13.7. The molecule has 0 aliphatic heterocycles. The molecule has 1 unspecified atom stereocenters. The van der Waals surface area contributed by atoms with Gasteiger partial charge in [0.15, 0.2) is 0 Å². The fourth-order valence-electron chi connectivity index (χ4n) is 1.75. The summed E-state index contributed by atoms with van der Waals surface area (Å²) in [7, 11) is 0. The van der Waals surface area contributed by atoms with Crippen LogP contribution in [-0.2, 0) is 5.66 Å². The number of isothiocyanates is 1. The van der Waals surface area contributed by atoms with E-state index in [4.69, 9.17) is 12.2 Å². The van der Waals surface area contributed by atoms with Crippen molar-refractivity contribution in [2.75, 3.05) is 0 Å². The number of hydrogen-bond acceptors (Lipinski definition) is 4. The van der Waals surface area contributed by atoms with Crippen molar-refractivity contribution in [2.45, 2.75) is 19.5 Å². The van der Waals surface area contributed by atoms with Crippen molar-refractivity contribution in [3.63, 3.8) is 0 Å². The molecule has 0 aliphatic rings. The van der Waals surface area contributed by atoms with Crippen molar-refractivity contribution < 1.29 is 0 Å². The largest absolute Gasteiger partial charge is 0.202 e. The first-order chi connectivity index (χ1) is 9.64. The molecule has 100 valence electrons. The third-order valence-corrected chi connectivity index (χ3v) is 3.07. The molecule has 0 radical (unpaired) electrons. The molecule has 2 rings (SSSR count). The van der Waals surface area contributed by atoms with E-state index in [1.54, 1.807) is 0 Å². The molecule has 3 nitrogen and oxygen atoms in total. The monoisotopic (exact) mass is 281 g/mol. The first-order valence-electron chi connectivity index (χ1n) is 6.28. The third-order valence-electron chi connectivity index (χ3n) is 2.98. The van der Waals surface area contributed by atoms with Crippen LogP contribution >= 0.6 is 12.2 Å². The Bertz CT molecular complexity index is 643. The van der Waals surface area contributed by atoms with Gasteiger partial charge in [0.05, 0.1) is 10.8 Å². The summed E-state index contributed by atoms with van der Waals surface area (Å²) in [4.78, 5) is 4.16. The minimum absolute atomic E-state index is 0.789. The number of rotatable bonds is 4. The van der Waals surface area contributed by atoms with Crippen LogP contribution in [0.1, 0.15) is 18.1 Å². The summed E-state index contributed by atoms with van der Waals surface area (Å²) < 4.78 is 0. The molecule has 0 aromatic heterocycles. The Balaban J connectivity index is 2.34. The van der Waals surface area contributed by atoms with Gasteiger partial charge in [-0.25, -0.2) is 0 Å². The predicted octanol–water partition coefficient (Wildman–Crippen LogP) is 5.05. The Kier molecular flexibility index (Phi) is 4.51. The Morgan fingerprint density at radius 3 is 2.25 bits per heavy atom. The van der Waals surface area contributed by atoms with E-state index in [0.29, 0.717) is 0 Å². The Morgan fingerprint density at radius 1 is 1.00 bits per heavy atom. The van der Waals surface area contributed by atoms with Crippen LogP contribution in [0.25, 0.3) is 0 Å². The number of aryl methyl sites for hydroxylation is 1. The molecule has 0 saturated heterocycles. The lowest BCUT2D eigenvalue weighted by Crippen LogP contribution is -2.14. The van der Waals surface area contributed by atoms with Crippen LogP contribution in [0.3, 0.4) is 0 Å². The molecule has 0 N–H and O–H groups in total. The summed E-state index contributed by atoms with van der Waals surface area (Å²) >= 11 is 4.73. The van der Waals surface area contributed by atoms with Gasteiger partial charge in [0.25, 0.3) is 0 Å². The number of aliphatic imine (C=N–C) groups is 1. The van der Waals surface area contributed by atoms with Crippen molar-refractivity contribution in [2.24, 2.45) is 15.2 Å². The third kappa shape index (κ3) is 3.44. The van der Waals surface area contributed by atoms with E-state index < -0.39 is 5.66 Å². The molecular formula is C16H15N3S. The summed E-state index contributed by atoms with van der Waals surface area (Å²) in [6.45, 7) is 3.89. The van der Waals surface area contributed by atoms with Crippen molar-refractivity contribution in [3.05, 3.63) is 65.7 Å². The Morgan fingerprint density at radius 2 is 1.65 bits per heavy atom. The highest BCUT2D eigenvalue weighted by Crippen LogP contribution is 2.28. The van der Waals surface area contributed by atoms with Gasteiger partial charge in [-0.15, -0.1) is 0 Å². The Hall–Kier alpha value is -2.16. The van der Waals surface area contributed by atoms with Gasteiger partial charge in [0.1, 0.15) is 0 Å². The lowest BCUT2D eigenvalue weighted by atomic mass is 10.0. The fourth-order valence-corrected chi connectivity index (χ4v) is 1.93. The zero-order valence-electron chi connectivity index (χ0n) is 11.4. The number of thiocarbonyl (C=S) groups is 1. The van der Waals surface area contributed by atoms with Crippen molar-refractivity contribution in [1.29, 1.82) is 0 Å². The molecule has 2 aromatic rings. The highest BCUT2D eigenvalue weighted by molar-refractivity contribution is 7.78. The van der Waals surface area contributed by atoms with E-state index in [1.165, 1.54) is 5.56 Å². The average molecular weight is 281 g/mol. The van der Waals surface area contributed by atoms with Crippen LogP contribution in [0.5, 0.6) is 0 Å². The van der Waals surface area contributed by atoms with E-state index in [0.717, 1.165) is 11.3 Å². The number of hydrogen-bond donors (Lipinski definition) is 0. The zero-order valence-corrected chi connectivity index (χ0v) is 12.3. The molecule has 0 aliphatic carbocycles. The second-order valence-corrected chi connectivity index (χ2v) is 4.81. The van der Waals surface area contributed by atoms with Crippen LogP contribution in [0.4, 0.5) is 5.69 Å². The lowest BCUT2D eigenvalue weighted by Gasteiger charge is -2.17. The lowest BCUT2D eigenvalue weighted by molar-refractivity contribution is 0.504. The molecule has 2 aromatic carbocycles. The predicted molar refractivity (Wildman–Crippen MR) is 84.5 cm³/mol. The minimum Gasteiger partial charge on any atom is -0.195 e. The van der Waals surface area contributed by atoms with Crippen molar-refractivity contribution >= 4 is 23.1 Å². The van der Waals surface area contributed by atoms with Crippen LogP contribution < -0.4 is 0 Å². The smallest absolute Gasteiger partial charge is 0.195 e. The van der Waals surface area contributed by atoms with Gasteiger partial charge in [0.2, 0.25) is 5.66 Å². The van der Waals surface area contributed by atoms with Gasteiger partial charge in [-0.1, -0.05) is 48.0 Å². The Labute approximate surface area is 124 Å². The standard InChI is InChI=1S/C16H15N3S/c1-13-8-10-15(11-9-13)18-19-16(2,17-12-20)14-6-4-3-5-7-14/h3-11H,1-2H3. The van der Waals surface area contributed by atoms with Gasteiger partial charge in [-0.05, 0) is 38.2 Å². The molecule has 1 atom stereocenters. The fraction of sp³-hybridized carbons (Fsp3) is 0.188. The maximum atomic E-state index is 4.73. The topological polar surface area (TPSA) is 37.1 Å². The van der Waals surface area contributed by atoms with Gasteiger partial charge < -0.3 is 0 Å². The van der Waals surface area contributed by atoms with Crippen LogP contribution in [0.15, 0.2) is 69.8 Å². The number of benzene rings is 2. The number of azo groups is 1. The molecule has 0 bridgehead atoms. The maximum Gasteiger partial charge on any atom is 0.202 e. The summed E-state index contributed by atoms with van der Waals surface area (Å²) in [6.07, 6.45) is 0. The molecular weight excluding hydrogens is 266 g/mol. The molecule has 4 heteroatoms. The summed E-state index contributed by atoms with van der Waals surface area (Å²) in [6, 6.07) is 17.6. The first-order valence-corrected chi connectivity index (χ1v) is 6.69. The molecule has 0 amide bonds. The van der Waals surface area contributed by atoms with E-state index in [1.807, 2.05) is 68.4 Å². The molecule has 0 saturated carbocycles. The maximum absolute atomic E-state index is 4.73. The average Bonchev–Trinajstić information content (AvgIpc) is 2.48. The molecule has 0 heterocycles. The van der Waals surface area contributed by atoms with E-state index in [9.17, 15) is 0 Å². The van der Waals surface area contributed by atoms with Crippen LogP contribution in [0, 0.1) is 6.92 Å². The van der Waals surface area contributed by atoms with E-state index >= 15 is 0 Å². The van der Waals surface area contributed by atoms with Gasteiger partial charge in [-0.3, -0.25) is 0 Å².